The van der Waals surface area contributed by atoms with Gasteiger partial charge in [0.05, 0.1) is 18.7 Å². The van der Waals surface area contributed by atoms with Crippen molar-refractivity contribution in [2.75, 3.05) is 26.3 Å². The Labute approximate surface area is 161 Å². The molecule has 1 aliphatic rings. The Bertz CT molecular complexity index is 784. The van der Waals surface area contributed by atoms with Crippen LogP contribution < -0.4 is 4.74 Å². The Hall–Kier alpha value is -2.61. The van der Waals surface area contributed by atoms with Crippen LogP contribution in [-0.2, 0) is 22.1 Å². The fourth-order valence-electron chi connectivity index (χ4n) is 2.95. The maximum Gasteiger partial charge on any atom is 0.416 e. The molecule has 0 aliphatic carbocycles. The fraction of sp³-hybridized carbons (Fsp3) is 0.400. The van der Waals surface area contributed by atoms with E-state index in [-0.39, 0.29) is 24.4 Å². The molecule has 1 atom stereocenters. The van der Waals surface area contributed by atoms with Crippen LogP contribution in [0.15, 0.2) is 48.8 Å². The van der Waals surface area contributed by atoms with Crippen molar-refractivity contribution in [3.05, 3.63) is 59.9 Å². The van der Waals surface area contributed by atoms with Crippen LogP contribution in [0.1, 0.15) is 17.5 Å². The number of alkyl halides is 3. The van der Waals surface area contributed by atoms with E-state index in [0.29, 0.717) is 32.5 Å². The number of benzene rings is 1. The summed E-state index contributed by atoms with van der Waals surface area (Å²) in [6, 6.07) is 8.47. The minimum Gasteiger partial charge on any atom is -0.491 e. The van der Waals surface area contributed by atoms with Crippen molar-refractivity contribution in [2.45, 2.75) is 25.1 Å². The van der Waals surface area contributed by atoms with Gasteiger partial charge < -0.3 is 14.4 Å². The van der Waals surface area contributed by atoms with Crippen LogP contribution in [0, 0.1) is 0 Å². The van der Waals surface area contributed by atoms with Crippen molar-refractivity contribution in [1.82, 2.24) is 9.88 Å². The van der Waals surface area contributed by atoms with Crippen molar-refractivity contribution in [2.24, 2.45) is 0 Å². The highest BCUT2D eigenvalue weighted by Gasteiger charge is 2.31. The minimum atomic E-state index is -4.42. The lowest BCUT2D eigenvalue weighted by molar-refractivity contribution is -0.140. The number of aryl methyl sites for hydroxylation is 1. The molecule has 150 valence electrons. The summed E-state index contributed by atoms with van der Waals surface area (Å²) in [5, 5.41) is 0. The molecule has 0 N–H and O–H groups in total. The fourth-order valence-corrected chi connectivity index (χ4v) is 2.95. The molecule has 0 bridgehead atoms. The first-order valence-corrected chi connectivity index (χ1v) is 9.00. The summed E-state index contributed by atoms with van der Waals surface area (Å²) in [5.41, 5.74) is 0.232. The van der Waals surface area contributed by atoms with Crippen LogP contribution >= 0.6 is 0 Å². The first-order valence-electron chi connectivity index (χ1n) is 9.00. The smallest absolute Gasteiger partial charge is 0.416 e. The zero-order chi connectivity index (χ0) is 20.0. The summed E-state index contributed by atoms with van der Waals surface area (Å²) in [4.78, 5) is 18.2. The Morgan fingerprint density at radius 2 is 2.14 bits per heavy atom. The normalized spacial score (nSPS) is 17.4. The molecule has 2 heterocycles. The SMILES string of the molecule is O=C(CCc1cccnc1)N1CCOC(COc2cccc(C(F)(F)F)c2)C1. The molecule has 1 saturated heterocycles. The molecular weight excluding hydrogens is 373 g/mol. The third kappa shape index (κ3) is 5.69. The highest BCUT2D eigenvalue weighted by atomic mass is 19.4. The van der Waals surface area contributed by atoms with Gasteiger partial charge in [-0.1, -0.05) is 12.1 Å². The largest absolute Gasteiger partial charge is 0.491 e. The average Bonchev–Trinajstić information content (AvgIpc) is 2.71. The third-order valence-corrected chi connectivity index (χ3v) is 4.44. The van der Waals surface area contributed by atoms with E-state index in [9.17, 15) is 18.0 Å². The van der Waals surface area contributed by atoms with E-state index in [1.54, 1.807) is 17.3 Å². The van der Waals surface area contributed by atoms with Gasteiger partial charge in [-0.25, -0.2) is 0 Å². The zero-order valence-corrected chi connectivity index (χ0v) is 15.2. The summed E-state index contributed by atoms with van der Waals surface area (Å²) in [5.74, 6) is 0.134. The van der Waals surface area contributed by atoms with Crippen molar-refractivity contribution in [1.29, 1.82) is 0 Å². The molecule has 28 heavy (non-hydrogen) atoms. The first kappa shape index (κ1) is 20.1. The molecule has 3 rings (SSSR count). The number of rotatable bonds is 6. The van der Waals surface area contributed by atoms with Crippen LogP contribution in [-0.4, -0.2) is 48.2 Å². The number of pyridine rings is 1. The van der Waals surface area contributed by atoms with Gasteiger partial charge in [0, 0.05) is 25.4 Å². The molecule has 1 aliphatic heterocycles. The van der Waals surface area contributed by atoms with Crippen molar-refractivity contribution in [3.8, 4) is 5.75 Å². The number of amides is 1. The van der Waals surface area contributed by atoms with Gasteiger partial charge in [0.2, 0.25) is 5.91 Å². The summed E-state index contributed by atoms with van der Waals surface area (Å²) < 4.78 is 49.4. The van der Waals surface area contributed by atoms with Crippen molar-refractivity contribution in [3.63, 3.8) is 0 Å². The van der Waals surface area contributed by atoms with Crippen LogP contribution in [0.25, 0.3) is 0 Å². The number of aromatic nitrogens is 1. The Balaban J connectivity index is 1.49. The van der Waals surface area contributed by atoms with Gasteiger partial charge in [-0.2, -0.15) is 13.2 Å². The summed E-state index contributed by atoms with van der Waals surface area (Å²) >= 11 is 0. The standard InChI is InChI=1S/C20H21F3N2O3/c21-20(22,23)16-4-1-5-17(11-16)28-14-18-13-25(9-10-27-18)19(26)7-6-15-3-2-8-24-12-15/h1-5,8,11-12,18H,6-7,9-10,13-14H2. The predicted octanol–water partition coefficient (Wildman–Crippen LogP) is 3.34. The van der Waals surface area contributed by atoms with Gasteiger partial charge in [0.25, 0.3) is 0 Å². The predicted molar refractivity (Wildman–Crippen MR) is 95.8 cm³/mol. The Kier molecular flexibility index (Phi) is 6.51. The summed E-state index contributed by atoms with van der Waals surface area (Å²) in [6.45, 7) is 1.29. The number of ether oxygens (including phenoxy) is 2. The average molecular weight is 394 g/mol. The second kappa shape index (κ2) is 9.05. The number of carbonyl (C=O) groups excluding carboxylic acids is 1. The van der Waals surface area contributed by atoms with E-state index in [1.165, 1.54) is 12.1 Å². The van der Waals surface area contributed by atoms with Gasteiger partial charge in [0.15, 0.2) is 0 Å². The molecule has 1 unspecified atom stereocenters. The van der Waals surface area contributed by atoms with Gasteiger partial charge >= 0.3 is 6.18 Å². The molecule has 5 nitrogen and oxygen atoms in total. The first-order chi connectivity index (χ1) is 13.4. The quantitative estimate of drug-likeness (QED) is 0.754. The molecule has 2 aromatic rings. The number of morpholine rings is 1. The van der Waals surface area contributed by atoms with E-state index in [1.807, 2.05) is 12.1 Å². The van der Waals surface area contributed by atoms with Crippen molar-refractivity contribution >= 4 is 5.91 Å². The van der Waals surface area contributed by atoms with Gasteiger partial charge in [-0.15, -0.1) is 0 Å². The summed E-state index contributed by atoms with van der Waals surface area (Å²) in [6.07, 6.45) is -0.410. The van der Waals surface area contributed by atoms with Crippen LogP contribution in [0.3, 0.4) is 0 Å². The van der Waals surface area contributed by atoms with E-state index in [4.69, 9.17) is 9.47 Å². The topological polar surface area (TPSA) is 51.7 Å². The molecule has 1 fully saturated rings. The monoisotopic (exact) mass is 394 g/mol. The van der Waals surface area contributed by atoms with Crippen molar-refractivity contribution < 1.29 is 27.4 Å². The van der Waals surface area contributed by atoms with E-state index < -0.39 is 11.7 Å². The number of hydrogen-bond acceptors (Lipinski definition) is 4. The Morgan fingerprint density at radius 3 is 2.89 bits per heavy atom. The zero-order valence-electron chi connectivity index (χ0n) is 15.2. The minimum absolute atomic E-state index is 0.0104. The second-order valence-electron chi connectivity index (χ2n) is 6.53. The van der Waals surface area contributed by atoms with Crippen LogP contribution in [0.2, 0.25) is 0 Å². The van der Waals surface area contributed by atoms with Gasteiger partial charge in [0.1, 0.15) is 18.5 Å². The van der Waals surface area contributed by atoms with E-state index in [0.717, 1.165) is 17.7 Å². The molecule has 0 spiro atoms. The van der Waals surface area contributed by atoms with E-state index >= 15 is 0 Å². The van der Waals surface area contributed by atoms with Crippen LogP contribution in [0.4, 0.5) is 13.2 Å². The lowest BCUT2D eigenvalue weighted by atomic mass is 10.1. The Morgan fingerprint density at radius 1 is 1.29 bits per heavy atom. The summed E-state index contributed by atoms with van der Waals surface area (Å²) in [7, 11) is 0. The maximum absolute atomic E-state index is 12.8. The highest BCUT2D eigenvalue weighted by molar-refractivity contribution is 5.76. The maximum atomic E-state index is 12.8. The lowest BCUT2D eigenvalue weighted by Crippen LogP contribution is -2.47. The lowest BCUT2D eigenvalue weighted by Gasteiger charge is -2.33. The number of nitrogens with zero attached hydrogens (tertiary/aromatic N) is 2. The number of carbonyl (C=O) groups is 1. The molecule has 8 heteroatoms. The van der Waals surface area contributed by atoms with E-state index in [2.05, 4.69) is 4.98 Å². The molecule has 1 amide bonds. The molecule has 1 aromatic carbocycles. The molecule has 0 saturated carbocycles. The third-order valence-electron chi connectivity index (χ3n) is 4.44. The second-order valence-corrected chi connectivity index (χ2v) is 6.53. The molecular formula is C20H21F3N2O3. The molecule has 1 aromatic heterocycles. The van der Waals surface area contributed by atoms with Crippen LogP contribution in [0.5, 0.6) is 5.75 Å². The number of halogens is 3. The highest BCUT2D eigenvalue weighted by Crippen LogP contribution is 2.31. The molecule has 0 radical (unpaired) electrons. The van der Waals surface area contributed by atoms with Gasteiger partial charge in [-0.3, -0.25) is 9.78 Å². The number of hydrogen-bond donors (Lipinski definition) is 0. The van der Waals surface area contributed by atoms with Gasteiger partial charge in [-0.05, 0) is 36.2 Å².